The number of aromatic nitrogens is 1. The summed E-state index contributed by atoms with van der Waals surface area (Å²) in [6.45, 7) is 2.29. The van der Waals surface area contributed by atoms with E-state index < -0.39 is 0 Å². The van der Waals surface area contributed by atoms with Gasteiger partial charge in [-0.3, -0.25) is 4.98 Å². The van der Waals surface area contributed by atoms with Gasteiger partial charge in [-0.15, -0.1) is 0 Å². The molecule has 0 aromatic carbocycles. The third-order valence-corrected chi connectivity index (χ3v) is 3.87. The molecule has 1 aromatic rings. The zero-order valence-electron chi connectivity index (χ0n) is 9.75. The number of nitrogens with two attached hydrogens (primary N) is 1. The summed E-state index contributed by atoms with van der Waals surface area (Å²) in [5.41, 5.74) is 7.54. The van der Waals surface area contributed by atoms with Crippen LogP contribution in [0.25, 0.3) is 0 Å². The molecule has 0 spiro atoms. The maximum atomic E-state index is 6.47. The Morgan fingerprint density at radius 1 is 1.62 bits per heavy atom. The van der Waals surface area contributed by atoms with Gasteiger partial charge in [-0.1, -0.05) is 31.4 Å². The van der Waals surface area contributed by atoms with Gasteiger partial charge >= 0.3 is 0 Å². The molecule has 0 saturated heterocycles. The van der Waals surface area contributed by atoms with Gasteiger partial charge in [0, 0.05) is 17.9 Å². The van der Waals surface area contributed by atoms with E-state index in [0.717, 1.165) is 35.8 Å². The summed E-state index contributed by atoms with van der Waals surface area (Å²) in [6, 6.07) is 1.98. The van der Waals surface area contributed by atoms with Crippen LogP contribution in [-0.4, -0.2) is 10.5 Å². The maximum absolute atomic E-state index is 6.47. The Kier molecular flexibility index (Phi) is 3.50. The van der Waals surface area contributed by atoms with E-state index in [4.69, 9.17) is 17.3 Å². The lowest BCUT2D eigenvalue weighted by atomic mass is 9.74. The molecule has 0 bridgehead atoms. The van der Waals surface area contributed by atoms with Gasteiger partial charge in [-0.05, 0) is 36.8 Å². The number of pyridine rings is 1. The molecule has 1 aliphatic rings. The van der Waals surface area contributed by atoms with Crippen LogP contribution in [0, 0.1) is 5.92 Å². The predicted octanol–water partition coefficient (Wildman–Crippen LogP) is 3.19. The molecule has 16 heavy (non-hydrogen) atoms. The molecular formula is C13H19ClN2. The molecule has 0 amide bonds. The maximum Gasteiger partial charge on any atom is 0.0621 e. The highest BCUT2D eigenvalue weighted by atomic mass is 35.5. The van der Waals surface area contributed by atoms with Crippen molar-refractivity contribution in [2.75, 3.05) is 0 Å². The van der Waals surface area contributed by atoms with Crippen LogP contribution in [0.4, 0.5) is 0 Å². The van der Waals surface area contributed by atoms with E-state index >= 15 is 0 Å². The highest BCUT2D eigenvalue weighted by molar-refractivity contribution is 6.31. The summed E-state index contributed by atoms with van der Waals surface area (Å²) < 4.78 is 0. The Labute approximate surface area is 102 Å². The first kappa shape index (κ1) is 11.9. The van der Waals surface area contributed by atoms with Gasteiger partial charge in [-0.25, -0.2) is 0 Å². The molecule has 1 heterocycles. The molecule has 2 nitrogen and oxygen atoms in total. The van der Waals surface area contributed by atoms with Crippen molar-refractivity contribution in [1.82, 2.24) is 4.98 Å². The van der Waals surface area contributed by atoms with Gasteiger partial charge in [0.05, 0.1) is 5.02 Å². The molecule has 1 aromatic heterocycles. The Balaban J connectivity index is 2.11. The molecule has 3 heteroatoms. The van der Waals surface area contributed by atoms with Crippen molar-refractivity contribution in [3.63, 3.8) is 0 Å². The second-order valence-electron chi connectivity index (χ2n) is 5.21. The Bertz CT molecular complexity index is 367. The zero-order valence-corrected chi connectivity index (χ0v) is 10.5. The molecule has 0 radical (unpaired) electrons. The summed E-state index contributed by atoms with van der Waals surface area (Å²) in [4.78, 5) is 4.00. The lowest BCUT2D eigenvalue weighted by Gasteiger charge is -2.37. The Hall–Kier alpha value is -0.600. The third kappa shape index (κ3) is 2.74. The van der Waals surface area contributed by atoms with E-state index in [1.54, 1.807) is 12.4 Å². The van der Waals surface area contributed by atoms with E-state index in [-0.39, 0.29) is 5.54 Å². The smallest absolute Gasteiger partial charge is 0.0621 e. The fraction of sp³-hybridized carbons (Fsp3) is 0.615. The van der Waals surface area contributed by atoms with Crippen LogP contribution in [0.2, 0.25) is 5.02 Å². The van der Waals surface area contributed by atoms with Crippen molar-refractivity contribution >= 4 is 11.6 Å². The van der Waals surface area contributed by atoms with Crippen molar-refractivity contribution < 1.29 is 0 Å². The largest absolute Gasteiger partial charge is 0.325 e. The van der Waals surface area contributed by atoms with Gasteiger partial charge in [-0.2, -0.15) is 0 Å². The standard InChI is InChI=1S/C13H19ClN2/c1-10-3-2-5-13(15,7-10)8-11-4-6-16-9-12(11)14/h4,6,9-10H,2-3,5,7-8,15H2,1H3. The number of rotatable bonds is 2. The molecular weight excluding hydrogens is 220 g/mol. The van der Waals surface area contributed by atoms with Crippen LogP contribution in [0.3, 0.4) is 0 Å². The van der Waals surface area contributed by atoms with Crippen LogP contribution in [-0.2, 0) is 6.42 Å². The SMILES string of the molecule is CC1CCCC(N)(Cc2ccncc2Cl)C1. The van der Waals surface area contributed by atoms with Crippen molar-refractivity contribution in [1.29, 1.82) is 0 Å². The number of halogens is 1. The zero-order chi connectivity index (χ0) is 11.6. The van der Waals surface area contributed by atoms with Crippen molar-refractivity contribution in [2.45, 2.75) is 44.6 Å². The quantitative estimate of drug-likeness (QED) is 0.860. The monoisotopic (exact) mass is 238 g/mol. The van der Waals surface area contributed by atoms with Gasteiger partial charge in [0.2, 0.25) is 0 Å². The van der Waals surface area contributed by atoms with Crippen LogP contribution >= 0.6 is 11.6 Å². The first-order chi connectivity index (χ1) is 7.59. The summed E-state index contributed by atoms with van der Waals surface area (Å²) in [7, 11) is 0. The van der Waals surface area contributed by atoms with E-state index in [1.807, 2.05) is 6.07 Å². The molecule has 0 aliphatic heterocycles. The summed E-state index contributed by atoms with van der Waals surface area (Å²) in [6.07, 6.45) is 9.12. The fourth-order valence-electron chi connectivity index (χ4n) is 2.79. The van der Waals surface area contributed by atoms with Gasteiger partial charge < -0.3 is 5.73 Å². The molecule has 2 atom stereocenters. The molecule has 88 valence electrons. The minimum absolute atomic E-state index is 0.0668. The van der Waals surface area contributed by atoms with Crippen molar-refractivity contribution in [3.05, 3.63) is 29.0 Å². The molecule has 1 aliphatic carbocycles. The normalized spacial score (nSPS) is 30.3. The topological polar surface area (TPSA) is 38.9 Å². The van der Waals surface area contributed by atoms with Crippen LogP contribution in [0.1, 0.15) is 38.2 Å². The minimum atomic E-state index is -0.0668. The summed E-state index contributed by atoms with van der Waals surface area (Å²) >= 11 is 6.12. The Morgan fingerprint density at radius 3 is 3.12 bits per heavy atom. The molecule has 1 saturated carbocycles. The predicted molar refractivity (Wildman–Crippen MR) is 67.5 cm³/mol. The molecule has 2 rings (SSSR count). The van der Waals surface area contributed by atoms with E-state index in [1.165, 1.54) is 12.8 Å². The van der Waals surface area contributed by atoms with E-state index in [2.05, 4.69) is 11.9 Å². The average molecular weight is 239 g/mol. The van der Waals surface area contributed by atoms with E-state index in [9.17, 15) is 0 Å². The molecule has 1 fully saturated rings. The minimum Gasteiger partial charge on any atom is -0.325 e. The first-order valence-electron chi connectivity index (χ1n) is 5.96. The van der Waals surface area contributed by atoms with Crippen LogP contribution < -0.4 is 5.73 Å². The average Bonchev–Trinajstić information content (AvgIpc) is 2.21. The summed E-state index contributed by atoms with van der Waals surface area (Å²) in [5.74, 6) is 0.736. The van der Waals surface area contributed by atoms with Gasteiger partial charge in [0.15, 0.2) is 0 Å². The van der Waals surface area contributed by atoms with Gasteiger partial charge in [0.25, 0.3) is 0 Å². The first-order valence-corrected chi connectivity index (χ1v) is 6.34. The highest BCUT2D eigenvalue weighted by Crippen LogP contribution is 2.33. The fourth-order valence-corrected chi connectivity index (χ4v) is 2.97. The Morgan fingerprint density at radius 2 is 2.44 bits per heavy atom. The summed E-state index contributed by atoms with van der Waals surface area (Å²) in [5, 5.41) is 0.741. The third-order valence-electron chi connectivity index (χ3n) is 3.53. The van der Waals surface area contributed by atoms with Crippen LogP contribution in [0.5, 0.6) is 0 Å². The van der Waals surface area contributed by atoms with E-state index in [0.29, 0.717) is 0 Å². The lowest BCUT2D eigenvalue weighted by Crippen LogP contribution is -2.45. The van der Waals surface area contributed by atoms with Crippen LogP contribution in [0.15, 0.2) is 18.5 Å². The number of hydrogen-bond donors (Lipinski definition) is 1. The lowest BCUT2D eigenvalue weighted by molar-refractivity contribution is 0.235. The molecule has 2 unspecified atom stereocenters. The van der Waals surface area contributed by atoms with Crippen molar-refractivity contribution in [2.24, 2.45) is 11.7 Å². The second kappa shape index (κ2) is 4.72. The van der Waals surface area contributed by atoms with Crippen molar-refractivity contribution in [3.8, 4) is 0 Å². The number of nitrogens with zero attached hydrogens (tertiary/aromatic N) is 1. The number of hydrogen-bond acceptors (Lipinski definition) is 2. The highest BCUT2D eigenvalue weighted by Gasteiger charge is 2.31. The second-order valence-corrected chi connectivity index (χ2v) is 5.61. The molecule has 2 N–H and O–H groups in total. The van der Waals surface area contributed by atoms with Gasteiger partial charge in [0.1, 0.15) is 0 Å².